The average molecular weight is 322 g/mol. The highest BCUT2D eigenvalue weighted by Gasteiger charge is 2.33. The van der Waals surface area contributed by atoms with E-state index in [1.807, 2.05) is 5.10 Å². The van der Waals surface area contributed by atoms with E-state index in [0.717, 1.165) is 12.1 Å². The van der Waals surface area contributed by atoms with Crippen LogP contribution in [0.25, 0.3) is 0 Å². The molecule has 0 radical (unpaired) electrons. The Kier molecular flexibility index (Phi) is 4.03. The van der Waals surface area contributed by atoms with Gasteiger partial charge in [0.05, 0.1) is 10.6 Å². The zero-order valence-corrected chi connectivity index (χ0v) is 10.9. The van der Waals surface area contributed by atoms with Crippen molar-refractivity contribution in [2.24, 2.45) is 0 Å². The summed E-state index contributed by atoms with van der Waals surface area (Å²) < 4.78 is 42.4. The Morgan fingerprint density at radius 3 is 2.71 bits per heavy atom. The number of nitrogens with one attached hydrogen (secondary N) is 2. The topological polar surface area (TPSA) is 88.0 Å². The highest BCUT2D eigenvalue weighted by molar-refractivity contribution is 6.31. The number of amides is 1. The Hall–Kier alpha value is -2.29. The van der Waals surface area contributed by atoms with Crippen LogP contribution in [0.4, 0.5) is 13.2 Å². The number of benzene rings is 1. The molecule has 0 saturated carbocycles. The molecule has 0 fully saturated rings. The first-order valence-electron chi connectivity index (χ1n) is 5.46. The number of H-pyrrole nitrogens is 1. The molecule has 0 aliphatic carbocycles. The molecule has 2 aromatic rings. The Morgan fingerprint density at radius 2 is 2.14 bits per heavy atom. The van der Waals surface area contributed by atoms with E-state index in [4.69, 9.17) is 11.6 Å². The van der Waals surface area contributed by atoms with Gasteiger partial charge in [-0.3, -0.25) is 4.79 Å². The minimum Gasteiger partial charge on any atom is -0.383 e. The quantitative estimate of drug-likeness (QED) is 0.904. The van der Waals surface area contributed by atoms with E-state index >= 15 is 0 Å². The molecule has 0 atom stereocenters. The van der Waals surface area contributed by atoms with Crippen LogP contribution in [0, 0.1) is 0 Å². The number of hydrogen-bond acceptors (Lipinski definition) is 4. The summed E-state index contributed by atoms with van der Waals surface area (Å²) in [6.45, 7) is -0.213. The van der Waals surface area contributed by atoms with Gasteiger partial charge in [0.2, 0.25) is 0 Å². The maximum absolute atomic E-state index is 12.7. The summed E-state index contributed by atoms with van der Waals surface area (Å²) in [6.07, 6.45) is -4.59. The minimum absolute atomic E-state index is 0.179. The molecule has 0 spiro atoms. The number of aromatic nitrogens is 2. The molecule has 21 heavy (non-hydrogen) atoms. The fourth-order valence-electron chi connectivity index (χ4n) is 1.48. The highest BCUT2D eigenvalue weighted by Crippen LogP contribution is 2.35. The van der Waals surface area contributed by atoms with E-state index in [1.54, 1.807) is 0 Å². The highest BCUT2D eigenvalue weighted by atomic mass is 35.5. The second-order valence-corrected chi connectivity index (χ2v) is 4.32. The van der Waals surface area contributed by atoms with E-state index in [-0.39, 0.29) is 12.1 Å². The molecule has 0 aliphatic heterocycles. The van der Waals surface area contributed by atoms with Crippen LogP contribution in [0.3, 0.4) is 0 Å². The average Bonchev–Trinajstić information content (AvgIpc) is 2.83. The van der Waals surface area contributed by atoms with Gasteiger partial charge in [-0.05, 0) is 17.7 Å². The molecule has 0 aliphatic rings. The molecule has 1 heterocycles. The Labute approximate surface area is 119 Å². The second-order valence-electron chi connectivity index (χ2n) is 3.91. The molecule has 1 amide bonds. The van der Waals surface area contributed by atoms with Crippen LogP contribution in [0.2, 0.25) is 5.02 Å². The van der Waals surface area contributed by atoms with Gasteiger partial charge in [-0.1, -0.05) is 17.7 Å². The van der Waals surface area contributed by atoms with Gasteiger partial charge in [0, 0.05) is 6.54 Å². The summed E-state index contributed by atoms with van der Waals surface area (Å²) in [7, 11) is 0. The minimum atomic E-state index is -4.59. The lowest BCUT2D eigenvalue weighted by molar-refractivity contribution is -0.137. The Morgan fingerprint density at radius 1 is 1.43 bits per heavy atom. The molecule has 1 aromatic heterocycles. The van der Waals surface area contributed by atoms with Gasteiger partial charge >= 0.3 is 23.7 Å². The fraction of sp³-hybridized carbons (Fsp3) is 0.182. The van der Waals surface area contributed by atoms with Crippen molar-refractivity contribution in [2.45, 2.75) is 12.7 Å². The molecule has 10 heteroatoms. The van der Waals surface area contributed by atoms with Crippen molar-refractivity contribution in [1.29, 1.82) is 0 Å². The molecule has 2 rings (SSSR count). The fourth-order valence-corrected chi connectivity index (χ4v) is 1.71. The third-order valence-corrected chi connectivity index (χ3v) is 2.75. The lowest BCUT2D eigenvalue weighted by atomic mass is 10.1. The van der Waals surface area contributed by atoms with Crippen molar-refractivity contribution in [3.8, 4) is 0 Å². The van der Waals surface area contributed by atoms with Crippen molar-refractivity contribution >= 4 is 17.5 Å². The summed E-state index contributed by atoms with van der Waals surface area (Å²) in [5.74, 6) is -2.26. The van der Waals surface area contributed by atoms with E-state index in [9.17, 15) is 22.8 Å². The molecule has 0 unspecified atom stereocenters. The number of rotatable bonds is 3. The van der Waals surface area contributed by atoms with Crippen LogP contribution >= 0.6 is 11.6 Å². The van der Waals surface area contributed by atoms with Gasteiger partial charge in [-0.15, -0.1) is 5.10 Å². The van der Waals surface area contributed by atoms with Gasteiger partial charge in [-0.2, -0.15) is 13.2 Å². The van der Waals surface area contributed by atoms with E-state index in [1.165, 1.54) is 6.07 Å². The normalized spacial score (nSPS) is 11.4. The van der Waals surface area contributed by atoms with Gasteiger partial charge in [-0.25, -0.2) is 9.89 Å². The van der Waals surface area contributed by atoms with Crippen molar-refractivity contribution in [3.63, 3.8) is 0 Å². The predicted octanol–water partition coefficient (Wildman–Crippen LogP) is 1.97. The number of halogens is 4. The second kappa shape index (κ2) is 5.60. The molecular formula is C11H7ClF3N3O3. The molecule has 2 N–H and O–H groups in total. The lowest BCUT2D eigenvalue weighted by Crippen LogP contribution is -2.23. The first kappa shape index (κ1) is 15.1. The lowest BCUT2D eigenvalue weighted by Gasteiger charge is -2.11. The predicted molar refractivity (Wildman–Crippen MR) is 64.7 cm³/mol. The van der Waals surface area contributed by atoms with Crippen LogP contribution in [-0.4, -0.2) is 16.1 Å². The maximum atomic E-state index is 12.7. The number of aromatic amines is 1. The smallest absolute Gasteiger partial charge is 0.383 e. The largest absolute Gasteiger partial charge is 0.434 e. The zero-order valence-electron chi connectivity index (χ0n) is 10.1. The third-order valence-electron chi connectivity index (χ3n) is 2.42. The summed E-state index contributed by atoms with van der Waals surface area (Å²) >= 11 is 5.47. The summed E-state index contributed by atoms with van der Waals surface area (Å²) in [6, 6.07) is 3.24. The number of nitrogens with zero attached hydrogens (tertiary/aromatic N) is 1. The van der Waals surface area contributed by atoms with E-state index in [2.05, 4.69) is 14.8 Å². The Bertz CT molecular complexity index is 723. The van der Waals surface area contributed by atoms with Gasteiger partial charge in [0.15, 0.2) is 0 Å². The van der Waals surface area contributed by atoms with E-state index in [0.29, 0.717) is 0 Å². The van der Waals surface area contributed by atoms with Gasteiger partial charge < -0.3 is 9.73 Å². The number of carbonyl (C=O) groups excluding carboxylic acids is 1. The molecule has 0 bridgehead atoms. The van der Waals surface area contributed by atoms with Crippen molar-refractivity contribution in [2.75, 3.05) is 0 Å². The number of hydrogen-bond donors (Lipinski definition) is 2. The monoisotopic (exact) mass is 321 g/mol. The first-order chi connectivity index (χ1) is 9.77. The van der Waals surface area contributed by atoms with Gasteiger partial charge in [0.1, 0.15) is 0 Å². The van der Waals surface area contributed by atoms with E-state index < -0.39 is 34.3 Å². The van der Waals surface area contributed by atoms with Crippen LogP contribution in [0.1, 0.15) is 21.8 Å². The summed E-state index contributed by atoms with van der Waals surface area (Å²) in [4.78, 5) is 22.2. The molecule has 112 valence electrons. The standard InChI is InChI=1S/C11H7ClF3N3O3/c12-7-2-1-5(3-6(7)11(13,14)15)4-16-8(19)9-17-18-10(20)21-9/h1-3H,4H2,(H,16,19)(H,18,20). The molecule has 0 saturated heterocycles. The molecular weight excluding hydrogens is 315 g/mol. The van der Waals surface area contributed by atoms with Crippen LogP contribution in [0.15, 0.2) is 27.4 Å². The van der Waals surface area contributed by atoms with Crippen LogP contribution in [0.5, 0.6) is 0 Å². The maximum Gasteiger partial charge on any atom is 0.434 e. The van der Waals surface area contributed by atoms with Crippen molar-refractivity contribution < 1.29 is 22.4 Å². The van der Waals surface area contributed by atoms with Crippen LogP contribution < -0.4 is 11.1 Å². The van der Waals surface area contributed by atoms with Gasteiger partial charge in [0.25, 0.3) is 0 Å². The SMILES string of the molecule is O=C(NCc1ccc(Cl)c(C(F)(F)F)c1)c1n[nH]c(=O)o1. The molecule has 6 nitrogen and oxygen atoms in total. The first-order valence-corrected chi connectivity index (χ1v) is 5.84. The number of carbonyl (C=O) groups is 1. The molecule has 1 aromatic carbocycles. The number of alkyl halides is 3. The van der Waals surface area contributed by atoms with Crippen molar-refractivity contribution in [1.82, 2.24) is 15.5 Å². The zero-order chi connectivity index (χ0) is 15.6. The summed E-state index contributed by atoms with van der Waals surface area (Å²) in [5, 5.41) is 6.99. The Balaban J connectivity index is 2.10. The van der Waals surface area contributed by atoms with Crippen LogP contribution in [-0.2, 0) is 12.7 Å². The summed E-state index contributed by atoms with van der Waals surface area (Å²) in [5.41, 5.74) is -0.819. The third kappa shape index (κ3) is 3.63. The van der Waals surface area contributed by atoms with Crippen molar-refractivity contribution in [3.05, 3.63) is 50.8 Å².